The third-order valence-electron chi connectivity index (χ3n) is 2.55. The molecule has 0 radical (unpaired) electrons. The number of hydrogen-bond donors (Lipinski definition) is 1. The minimum absolute atomic E-state index is 0.00208. The Morgan fingerprint density at radius 1 is 1.50 bits per heavy atom. The molecule has 0 aliphatic carbocycles. The van der Waals surface area contributed by atoms with Crippen molar-refractivity contribution < 1.29 is 19.2 Å². The highest BCUT2D eigenvalue weighted by Gasteiger charge is 2.29. The number of esters is 1. The molecule has 1 aromatic rings. The van der Waals surface area contributed by atoms with Gasteiger partial charge in [0.15, 0.2) is 0 Å². The van der Waals surface area contributed by atoms with E-state index in [1.165, 1.54) is 20.3 Å². The van der Waals surface area contributed by atoms with E-state index in [9.17, 15) is 14.9 Å². The third kappa shape index (κ3) is 2.20. The average Bonchev–Trinajstić information content (AvgIpc) is 2.36. The number of benzene rings is 1. The molecular weight excluding hydrogens is 240 g/mol. The van der Waals surface area contributed by atoms with Crippen LogP contribution in [0.4, 0.5) is 11.4 Å². The summed E-state index contributed by atoms with van der Waals surface area (Å²) < 4.78 is 9.49. The number of nitrogen functional groups attached to an aromatic ring is 1. The number of rotatable bonds is 4. The largest absolute Gasteiger partial charge is 0.489 e. The molecule has 0 aliphatic rings. The van der Waals surface area contributed by atoms with Crippen molar-refractivity contribution in [2.24, 2.45) is 0 Å². The number of carbonyl (C=O) groups excluding carboxylic acids is 1. The molecule has 18 heavy (non-hydrogen) atoms. The van der Waals surface area contributed by atoms with Gasteiger partial charge in [0.25, 0.3) is 0 Å². The van der Waals surface area contributed by atoms with Crippen LogP contribution < -0.4 is 10.5 Å². The topological polar surface area (TPSA) is 105 Å². The highest BCUT2D eigenvalue weighted by Crippen LogP contribution is 2.39. The van der Waals surface area contributed by atoms with Crippen LogP contribution in [0, 0.1) is 10.1 Å². The van der Waals surface area contributed by atoms with E-state index in [1.54, 1.807) is 6.92 Å². The van der Waals surface area contributed by atoms with Gasteiger partial charge < -0.3 is 15.2 Å². The van der Waals surface area contributed by atoms with Crippen LogP contribution in [0.5, 0.6) is 5.75 Å². The molecule has 0 amide bonds. The number of nitrogens with zero attached hydrogens (tertiary/aromatic N) is 1. The first-order valence-corrected chi connectivity index (χ1v) is 5.19. The maximum absolute atomic E-state index is 11.6. The van der Waals surface area contributed by atoms with Crippen molar-refractivity contribution in [2.45, 2.75) is 13.3 Å². The maximum atomic E-state index is 11.6. The zero-order chi connectivity index (χ0) is 13.9. The fourth-order valence-corrected chi connectivity index (χ4v) is 1.66. The molecule has 2 N–H and O–H groups in total. The Labute approximate surface area is 104 Å². The van der Waals surface area contributed by atoms with Crippen LogP contribution in [0.15, 0.2) is 6.07 Å². The normalized spacial score (nSPS) is 9.94. The second-order valence-electron chi connectivity index (χ2n) is 3.48. The summed E-state index contributed by atoms with van der Waals surface area (Å²) in [5.74, 6) is -0.883. The van der Waals surface area contributed by atoms with Crippen molar-refractivity contribution in [1.29, 1.82) is 0 Å². The third-order valence-corrected chi connectivity index (χ3v) is 2.55. The van der Waals surface area contributed by atoms with Crippen LogP contribution in [0.1, 0.15) is 22.8 Å². The van der Waals surface area contributed by atoms with Crippen LogP contribution in [0.2, 0.25) is 0 Å². The molecule has 0 spiro atoms. The Balaban J connectivity index is 3.67. The maximum Gasteiger partial charge on any atom is 0.341 e. The molecule has 0 bridgehead atoms. The Morgan fingerprint density at radius 2 is 2.11 bits per heavy atom. The van der Waals surface area contributed by atoms with E-state index in [0.29, 0.717) is 12.0 Å². The number of nitro benzene ring substituents is 1. The van der Waals surface area contributed by atoms with E-state index in [0.717, 1.165) is 0 Å². The monoisotopic (exact) mass is 254 g/mol. The number of anilines is 1. The Morgan fingerprint density at radius 3 is 2.50 bits per heavy atom. The Kier molecular flexibility index (Phi) is 4.09. The van der Waals surface area contributed by atoms with Crippen LogP contribution in [-0.4, -0.2) is 25.1 Å². The molecule has 0 aliphatic heterocycles. The van der Waals surface area contributed by atoms with Crippen LogP contribution in [-0.2, 0) is 11.2 Å². The van der Waals surface area contributed by atoms with Crippen LogP contribution >= 0.6 is 0 Å². The molecule has 0 aromatic heterocycles. The summed E-state index contributed by atoms with van der Waals surface area (Å²) in [6, 6.07) is 1.45. The molecule has 0 saturated heterocycles. The van der Waals surface area contributed by atoms with Crippen LogP contribution in [0.25, 0.3) is 0 Å². The summed E-state index contributed by atoms with van der Waals surface area (Å²) in [6.45, 7) is 1.78. The SMILES string of the molecule is CCc1cc(C(=O)OC)c(OC)c([N+](=O)[O-])c1N. The minimum atomic E-state index is -0.704. The van der Waals surface area contributed by atoms with Crippen molar-refractivity contribution >= 4 is 17.3 Å². The zero-order valence-electron chi connectivity index (χ0n) is 10.4. The number of carbonyl (C=O) groups is 1. The molecule has 7 nitrogen and oxygen atoms in total. The molecule has 98 valence electrons. The van der Waals surface area contributed by atoms with E-state index in [2.05, 4.69) is 4.74 Å². The van der Waals surface area contributed by atoms with Gasteiger partial charge in [0.2, 0.25) is 5.75 Å². The van der Waals surface area contributed by atoms with E-state index in [1.807, 2.05) is 0 Å². The molecule has 7 heteroatoms. The molecule has 0 saturated carbocycles. The lowest BCUT2D eigenvalue weighted by atomic mass is 10.0. The molecule has 1 rings (SSSR count). The summed E-state index contributed by atoms with van der Waals surface area (Å²) >= 11 is 0. The van der Waals surface area contributed by atoms with Crippen molar-refractivity contribution in [2.75, 3.05) is 20.0 Å². The van der Waals surface area contributed by atoms with Crippen LogP contribution in [0.3, 0.4) is 0 Å². The fraction of sp³-hybridized carbons (Fsp3) is 0.364. The molecule has 0 fully saturated rings. The van der Waals surface area contributed by atoms with Gasteiger partial charge in [-0.25, -0.2) is 4.79 Å². The first kappa shape index (κ1) is 13.8. The van der Waals surface area contributed by atoms with Crippen molar-refractivity contribution in [3.05, 3.63) is 27.3 Å². The standard InChI is InChI=1S/C11H14N2O5/c1-4-6-5-7(11(14)18-3)10(17-2)9(8(6)12)13(15)16/h5H,4,12H2,1-3H3. The van der Waals surface area contributed by atoms with Crippen molar-refractivity contribution in [3.8, 4) is 5.75 Å². The predicted octanol–water partition coefficient (Wildman–Crippen LogP) is 1.53. The average molecular weight is 254 g/mol. The predicted molar refractivity (Wildman–Crippen MR) is 64.8 cm³/mol. The lowest BCUT2D eigenvalue weighted by Gasteiger charge is -2.12. The van der Waals surface area contributed by atoms with Gasteiger partial charge in [-0.15, -0.1) is 0 Å². The smallest absolute Gasteiger partial charge is 0.341 e. The minimum Gasteiger partial charge on any atom is -0.489 e. The second kappa shape index (κ2) is 5.35. The van der Waals surface area contributed by atoms with E-state index < -0.39 is 16.6 Å². The number of hydrogen-bond acceptors (Lipinski definition) is 6. The molecular formula is C11H14N2O5. The van der Waals surface area contributed by atoms with E-state index >= 15 is 0 Å². The number of ether oxygens (including phenoxy) is 2. The van der Waals surface area contributed by atoms with Gasteiger partial charge in [0.05, 0.1) is 19.1 Å². The van der Waals surface area contributed by atoms with Gasteiger partial charge in [-0.05, 0) is 18.1 Å². The second-order valence-corrected chi connectivity index (χ2v) is 3.48. The highest BCUT2D eigenvalue weighted by molar-refractivity contribution is 5.96. The zero-order valence-corrected chi connectivity index (χ0v) is 10.4. The molecule has 1 aromatic carbocycles. The Bertz CT molecular complexity index is 499. The number of nitrogens with two attached hydrogens (primary N) is 1. The number of nitro groups is 1. The van der Waals surface area contributed by atoms with Gasteiger partial charge in [-0.2, -0.15) is 0 Å². The lowest BCUT2D eigenvalue weighted by Crippen LogP contribution is -2.10. The summed E-state index contributed by atoms with van der Waals surface area (Å²) in [5, 5.41) is 11.0. The molecule has 0 heterocycles. The van der Waals surface area contributed by atoms with Gasteiger partial charge in [0.1, 0.15) is 11.3 Å². The summed E-state index contributed by atoms with van der Waals surface area (Å²) in [5.41, 5.74) is 5.81. The summed E-state index contributed by atoms with van der Waals surface area (Å²) in [6.07, 6.45) is 0.459. The van der Waals surface area contributed by atoms with E-state index in [4.69, 9.17) is 10.5 Å². The first-order valence-electron chi connectivity index (χ1n) is 5.19. The first-order chi connectivity index (χ1) is 8.47. The highest BCUT2D eigenvalue weighted by atomic mass is 16.6. The van der Waals surface area contributed by atoms with Crippen molar-refractivity contribution in [3.63, 3.8) is 0 Å². The van der Waals surface area contributed by atoms with Gasteiger partial charge in [-0.1, -0.05) is 6.92 Å². The van der Waals surface area contributed by atoms with Gasteiger partial charge >= 0.3 is 11.7 Å². The van der Waals surface area contributed by atoms with Gasteiger partial charge in [0, 0.05) is 0 Å². The lowest BCUT2D eigenvalue weighted by molar-refractivity contribution is -0.384. The fourth-order valence-electron chi connectivity index (χ4n) is 1.66. The summed E-state index contributed by atoms with van der Waals surface area (Å²) in [7, 11) is 2.43. The summed E-state index contributed by atoms with van der Waals surface area (Å²) in [4.78, 5) is 21.9. The molecule has 0 unspecified atom stereocenters. The molecule has 0 atom stereocenters. The quantitative estimate of drug-likeness (QED) is 0.378. The van der Waals surface area contributed by atoms with E-state index in [-0.39, 0.29) is 17.0 Å². The van der Waals surface area contributed by atoms with Gasteiger partial charge in [-0.3, -0.25) is 10.1 Å². The number of aryl methyl sites for hydroxylation is 1. The number of methoxy groups -OCH3 is 2. The Hall–Kier alpha value is -2.31. The van der Waals surface area contributed by atoms with Crippen molar-refractivity contribution in [1.82, 2.24) is 0 Å².